The molecule has 0 aromatic rings. The lowest BCUT2D eigenvalue weighted by Crippen LogP contribution is -2.55. The van der Waals surface area contributed by atoms with E-state index < -0.39 is 11.7 Å². The van der Waals surface area contributed by atoms with Crippen molar-refractivity contribution in [3.8, 4) is 6.07 Å². The van der Waals surface area contributed by atoms with E-state index in [0.717, 1.165) is 26.2 Å². The molecule has 2 atom stereocenters. The van der Waals surface area contributed by atoms with Crippen LogP contribution in [0.4, 0.5) is 4.79 Å². The third-order valence-electron chi connectivity index (χ3n) is 3.28. The van der Waals surface area contributed by atoms with Gasteiger partial charge in [-0.25, -0.2) is 4.79 Å². The number of piperazine rings is 1. The summed E-state index contributed by atoms with van der Waals surface area (Å²) in [5, 5.41) is 12.1. The molecular weight excluding hydrogens is 256 g/mol. The summed E-state index contributed by atoms with van der Waals surface area (Å²) in [6, 6.07) is 1.70. The topological polar surface area (TPSA) is 68.6 Å². The first-order valence-electron chi connectivity index (χ1n) is 7.04. The molecule has 1 heterocycles. The Morgan fingerprint density at radius 3 is 2.30 bits per heavy atom. The third-order valence-corrected chi connectivity index (χ3v) is 3.28. The normalized spacial score (nSPS) is 20.8. The van der Waals surface area contributed by atoms with E-state index in [0.29, 0.717) is 0 Å². The van der Waals surface area contributed by atoms with Gasteiger partial charge in [0, 0.05) is 26.2 Å². The zero-order valence-electron chi connectivity index (χ0n) is 13.1. The molecule has 1 aliphatic rings. The zero-order chi connectivity index (χ0) is 15.3. The molecule has 20 heavy (non-hydrogen) atoms. The fraction of sp³-hybridized carbons (Fsp3) is 0.857. The number of ether oxygens (including phenoxy) is 1. The molecule has 6 nitrogen and oxygen atoms in total. The highest BCUT2D eigenvalue weighted by Crippen LogP contribution is 2.10. The lowest BCUT2D eigenvalue weighted by molar-refractivity contribution is 0.0467. The zero-order valence-corrected chi connectivity index (χ0v) is 13.1. The van der Waals surface area contributed by atoms with Gasteiger partial charge in [0.05, 0.1) is 12.1 Å². The van der Waals surface area contributed by atoms with Crippen LogP contribution >= 0.6 is 0 Å². The molecule has 6 heteroatoms. The second-order valence-electron chi connectivity index (χ2n) is 6.35. The minimum Gasteiger partial charge on any atom is -0.444 e. The molecule has 1 aliphatic heterocycles. The van der Waals surface area contributed by atoms with E-state index in [9.17, 15) is 10.1 Å². The van der Waals surface area contributed by atoms with E-state index in [-0.39, 0.29) is 12.1 Å². The Morgan fingerprint density at radius 1 is 1.30 bits per heavy atom. The number of nitrogens with zero attached hydrogens (tertiary/aromatic N) is 3. The van der Waals surface area contributed by atoms with Crippen LogP contribution in [0.25, 0.3) is 0 Å². The molecular formula is C14H26N4O2. The Bertz CT molecular complexity index is 364. The lowest BCUT2D eigenvalue weighted by atomic mass is 10.1. The Hall–Kier alpha value is -1.32. The number of nitriles is 1. The van der Waals surface area contributed by atoms with Crippen LogP contribution in [0.3, 0.4) is 0 Å². The van der Waals surface area contributed by atoms with Crippen LogP contribution in [0.15, 0.2) is 0 Å². The number of likely N-dealkylation sites (N-methyl/N-ethyl adjacent to an activating group) is 1. The van der Waals surface area contributed by atoms with Crippen LogP contribution in [0, 0.1) is 11.3 Å². The summed E-state index contributed by atoms with van der Waals surface area (Å²) in [6.45, 7) is 10.9. The van der Waals surface area contributed by atoms with E-state index in [2.05, 4.69) is 28.2 Å². The molecule has 0 bridgehead atoms. The Kier molecular flexibility index (Phi) is 5.78. The highest BCUT2D eigenvalue weighted by atomic mass is 16.6. The summed E-state index contributed by atoms with van der Waals surface area (Å²) in [5.74, 6) is 0. The molecule has 0 aliphatic carbocycles. The molecule has 0 spiro atoms. The maximum absolute atomic E-state index is 11.8. The van der Waals surface area contributed by atoms with Crippen molar-refractivity contribution in [1.82, 2.24) is 15.1 Å². The Labute approximate surface area is 121 Å². The van der Waals surface area contributed by atoms with Crippen LogP contribution in [-0.4, -0.2) is 66.8 Å². The molecule has 0 aromatic heterocycles. The van der Waals surface area contributed by atoms with Crippen LogP contribution in [0.2, 0.25) is 0 Å². The minimum absolute atomic E-state index is 0.266. The van der Waals surface area contributed by atoms with Crippen molar-refractivity contribution >= 4 is 6.09 Å². The Morgan fingerprint density at radius 2 is 1.85 bits per heavy atom. The average Bonchev–Trinajstić information content (AvgIpc) is 2.29. The number of hydrogen-bond donors (Lipinski definition) is 1. The summed E-state index contributed by atoms with van der Waals surface area (Å²) in [6.07, 6.45) is -0.473. The average molecular weight is 282 g/mol. The maximum Gasteiger partial charge on any atom is 0.407 e. The van der Waals surface area contributed by atoms with E-state index >= 15 is 0 Å². The number of hydrogen-bond acceptors (Lipinski definition) is 5. The van der Waals surface area contributed by atoms with E-state index in [1.807, 2.05) is 27.7 Å². The Balaban J connectivity index is 2.53. The predicted molar refractivity (Wildman–Crippen MR) is 77.3 cm³/mol. The van der Waals surface area contributed by atoms with E-state index in [1.54, 1.807) is 0 Å². The molecule has 1 saturated heterocycles. The van der Waals surface area contributed by atoms with Gasteiger partial charge in [0.1, 0.15) is 11.6 Å². The third kappa shape index (κ3) is 5.35. The van der Waals surface area contributed by atoms with Gasteiger partial charge in [-0.1, -0.05) is 0 Å². The van der Waals surface area contributed by atoms with Crippen LogP contribution in [0.1, 0.15) is 27.7 Å². The molecule has 1 fully saturated rings. The number of amides is 1. The number of nitrogens with one attached hydrogen (secondary N) is 1. The van der Waals surface area contributed by atoms with Gasteiger partial charge in [0.25, 0.3) is 0 Å². The molecule has 0 saturated carbocycles. The number of carbonyl (C=O) groups is 1. The second-order valence-corrected chi connectivity index (χ2v) is 6.35. The highest BCUT2D eigenvalue weighted by Gasteiger charge is 2.29. The fourth-order valence-corrected chi connectivity index (χ4v) is 2.18. The number of rotatable bonds is 3. The highest BCUT2D eigenvalue weighted by molar-refractivity contribution is 5.68. The summed E-state index contributed by atoms with van der Waals surface area (Å²) in [4.78, 5) is 16.1. The molecule has 1 amide bonds. The SMILES string of the molecule is CC(NC(=O)OC(C)(C)C)C(C#N)N1CCN(C)CC1. The maximum atomic E-state index is 11.8. The van der Waals surface area contributed by atoms with Gasteiger partial charge in [-0.3, -0.25) is 4.90 Å². The molecule has 0 radical (unpaired) electrons. The van der Waals surface area contributed by atoms with Gasteiger partial charge < -0.3 is 15.0 Å². The van der Waals surface area contributed by atoms with Gasteiger partial charge in [0.2, 0.25) is 0 Å². The summed E-state index contributed by atoms with van der Waals surface area (Å²) in [7, 11) is 2.07. The van der Waals surface area contributed by atoms with Crippen molar-refractivity contribution in [3.05, 3.63) is 0 Å². The summed E-state index contributed by atoms with van der Waals surface area (Å²) >= 11 is 0. The monoisotopic (exact) mass is 282 g/mol. The molecule has 1 N–H and O–H groups in total. The first kappa shape index (κ1) is 16.7. The summed E-state index contributed by atoms with van der Waals surface area (Å²) in [5.41, 5.74) is -0.528. The first-order chi connectivity index (χ1) is 9.23. The largest absolute Gasteiger partial charge is 0.444 e. The number of alkyl carbamates (subject to hydrolysis) is 1. The van der Waals surface area contributed by atoms with Crippen molar-refractivity contribution < 1.29 is 9.53 Å². The second kappa shape index (κ2) is 6.91. The van der Waals surface area contributed by atoms with Crippen LogP contribution < -0.4 is 5.32 Å². The van der Waals surface area contributed by atoms with Gasteiger partial charge in [0.15, 0.2) is 0 Å². The standard InChI is InChI=1S/C14H26N4O2/c1-11(16-13(19)20-14(2,3)4)12(10-15)18-8-6-17(5)7-9-18/h11-12H,6-9H2,1-5H3,(H,16,19). The van der Waals surface area contributed by atoms with Crippen LogP contribution in [0.5, 0.6) is 0 Å². The molecule has 1 rings (SSSR count). The van der Waals surface area contributed by atoms with Crippen molar-refractivity contribution in [2.24, 2.45) is 0 Å². The van der Waals surface area contributed by atoms with E-state index in [4.69, 9.17) is 4.74 Å². The van der Waals surface area contributed by atoms with E-state index in [1.165, 1.54) is 0 Å². The van der Waals surface area contributed by atoms with Crippen molar-refractivity contribution in [1.29, 1.82) is 5.26 Å². The molecule has 0 aromatic carbocycles. The van der Waals surface area contributed by atoms with Gasteiger partial charge in [-0.05, 0) is 34.7 Å². The fourth-order valence-electron chi connectivity index (χ4n) is 2.18. The first-order valence-corrected chi connectivity index (χ1v) is 7.04. The smallest absolute Gasteiger partial charge is 0.407 e. The van der Waals surface area contributed by atoms with Gasteiger partial charge in [-0.2, -0.15) is 5.26 Å². The molecule has 2 unspecified atom stereocenters. The minimum atomic E-state index is -0.528. The van der Waals surface area contributed by atoms with Gasteiger partial charge >= 0.3 is 6.09 Å². The lowest BCUT2D eigenvalue weighted by Gasteiger charge is -2.37. The van der Waals surface area contributed by atoms with Crippen molar-refractivity contribution in [2.75, 3.05) is 33.2 Å². The van der Waals surface area contributed by atoms with Gasteiger partial charge in [-0.15, -0.1) is 0 Å². The van der Waals surface area contributed by atoms with Crippen molar-refractivity contribution in [2.45, 2.75) is 45.4 Å². The molecule has 114 valence electrons. The predicted octanol–water partition coefficient (Wildman–Crippen LogP) is 1.04. The summed E-state index contributed by atoms with van der Waals surface area (Å²) < 4.78 is 5.22. The quantitative estimate of drug-likeness (QED) is 0.837. The van der Waals surface area contributed by atoms with Crippen molar-refractivity contribution in [3.63, 3.8) is 0 Å². The number of carbonyl (C=O) groups excluding carboxylic acids is 1. The van der Waals surface area contributed by atoms with Crippen LogP contribution in [-0.2, 0) is 4.74 Å².